The molecule has 0 aliphatic rings. The Morgan fingerprint density at radius 2 is 1.79 bits per heavy atom. The van der Waals surface area contributed by atoms with E-state index in [1.165, 1.54) is 11.6 Å². The van der Waals surface area contributed by atoms with Crippen LogP contribution in [-0.2, 0) is 0 Å². The lowest BCUT2D eigenvalue weighted by molar-refractivity contribution is 0.491. The van der Waals surface area contributed by atoms with E-state index in [9.17, 15) is 9.18 Å². The number of thiophene rings is 1. The molecule has 0 saturated heterocycles. The molecule has 0 radical (unpaired) electrons. The van der Waals surface area contributed by atoms with Gasteiger partial charge in [-0.3, -0.25) is 4.79 Å². The number of halogens is 1. The number of H-pyrrole nitrogens is 1. The maximum Gasteiger partial charge on any atom is 0.322 e. The van der Waals surface area contributed by atoms with Crippen molar-refractivity contribution in [1.82, 2.24) is 10.2 Å². The summed E-state index contributed by atoms with van der Waals surface area (Å²) in [6.07, 6.45) is 3.69. The summed E-state index contributed by atoms with van der Waals surface area (Å²) in [6.45, 7) is 3.98. The summed E-state index contributed by atoms with van der Waals surface area (Å²) in [5.41, 5.74) is 3.97. The number of rotatable bonds is 5. The van der Waals surface area contributed by atoms with Crippen LogP contribution in [0.25, 0.3) is 32.7 Å². The van der Waals surface area contributed by atoms with E-state index < -0.39 is 0 Å². The number of fused-ring (bicyclic) bond motifs is 1. The predicted molar refractivity (Wildman–Crippen MR) is 135 cm³/mol. The van der Waals surface area contributed by atoms with E-state index in [2.05, 4.69) is 35.3 Å². The smallest absolute Gasteiger partial charge is 0.322 e. The Morgan fingerprint density at radius 1 is 0.970 bits per heavy atom. The standard InChI is InChI=1S/C26H19FN2O2S2/c1-15-3-10-21-22(13-15)32-25(20-11-7-18(27)14-16(20)2)24(21)31-19-8-4-17(5-9-19)6-12-23-28-29-26(30)33-23/h3-14H,1-2H3,(H,29,30)/b12-6+. The van der Waals surface area contributed by atoms with Crippen molar-refractivity contribution in [1.29, 1.82) is 0 Å². The van der Waals surface area contributed by atoms with E-state index in [1.54, 1.807) is 23.5 Å². The first kappa shape index (κ1) is 21.3. The molecule has 5 aromatic rings. The first-order chi connectivity index (χ1) is 16.0. The largest absolute Gasteiger partial charge is 0.455 e. The first-order valence-electron chi connectivity index (χ1n) is 10.3. The molecule has 7 heteroatoms. The van der Waals surface area contributed by atoms with Crippen LogP contribution in [-0.4, -0.2) is 10.2 Å². The zero-order valence-electron chi connectivity index (χ0n) is 17.9. The van der Waals surface area contributed by atoms with Gasteiger partial charge in [0.05, 0.1) is 4.88 Å². The Balaban J connectivity index is 1.50. The van der Waals surface area contributed by atoms with Gasteiger partial charge in [0, 0.05) is 10.1 Å². The Labute approximate surface area is 197 Å². The third-order valence-corrected chi connectivity index (χ3v) is 7.09. The molecule has 0 saturated carbocycles. The van der Waals surface area contributed by atoms with Crippen LogP contribution in [0, 0.1) is 19.7 Å². The zero-order chi connectivity index (χ0) is 22.9. The Bertz CT molecular complexity index is 1550. The fraction of sp³-hybridized carbons (Fsp3) is 0.0769. The van der Waals surface area contributed by atoms with Gasteiger partial charge in [0.2, 0.25) is 0 Å². The van der Waals surface area contributed by atoms with Crippen molar-refractivity contribution in [2.45, 2.75) is 13.8 Å². The number of nitrogens with zero attached hydrogens (tertiary/aromatic N) is 1. The molecule has 0 bridgehead atoms. The zero-order valence-corrected chi connectivity index (χ0v) is 19.5. The molecular formula is C26H19FN2O2S2. The molecule has 0 unspecified atom stereocenters. The van der Waals surface area contributed by atoms with Gasteiger partial charge in [0.25, 0.3) is 0 Å². The van der Waals surface area contributed by atoms with Crippen LogP contribution in [0.1, 0.15) is 21.7 Å². The van der Waals surface area contributed by atoms with Crippen molar-refractivity contribution < 1.29 is 9.13 Å². The van der Waals surface area contributed by atoms with E-state index in [0.717, 1.165) is 48.7 Å². The van der Waals surface area contributed by atoms with Gasteiger partial charge < -0.3 is 4.74 Å². The summed E-state index contributed by atoms with van der Waals surface area (Å²) in [5.74, 6) is 1.23. The number of aryl methyl sites for hydroxylation is 2. The maximum absolute atomic E-state index is 13.7. The van der Waals surface area contributed by atoms with Crippen molar-refractivity contribution in [2.24, 2.45) is 0 Å². The van der Waals surface area contributed by atoms with Crippen LogP contribution >= 0.6 is 22.7 Å². The van der Waals surface area contributed by atoms with Crippen molar-refractivity contribution in [3.8, 4) is 21.9 Å². The molecule has 0 aliphatic heterocycles. The summed E-state index contributed by atoms with van der Waals surface area (Å²) in [4.78, 5) is 12.0. The van der Waals surface area contributed by atoms with Crippen molar-refractivity contribution in [3.05, 3.63) is 97.8 Å². The maximum atomic E-state index is 13.7. The van der Waals surface area contributed by atoms with Gasteiger partial charge in [-0.15, -0.1) is 11.3 Å². The molecule has 0 atom stereocenters. The minimum Gasteiger partial charge on any atom is -0.455 e. The highest BCUT2D eigenvalue weighted by molar-refractivity contribution is 7.22. The van der Waals surface area contributed by atoms with Crippen molar-refractivity contribution in [3.63, 3.8) is 0 Å². The summed E-state index contributed by atoms with van der Waals surface area (Å²) in [5, 5.41) is 7.99. The number of aromatic nitrogens is 2. The lowest BCUT2D eigenvalue weighted by Crippen LogP contribution is -1.90. The third kappa shape index (κ3) is 4.51. The monoisotopic (exact) mass is 474 g/mol. The van der Waals surface area contributed by atoms with Gasteiger partial charge in [0.1, 0.15) is 16.6 Å². The van der Waals surface area contributed by atoms with Crippen LogP contribution in [0.5, 0.6) is 11.5 Å². The van der Waals surface area contributed by atoms with Gasteiger partial charge >= 0.3 is 4.87 Å². The Morgan fingerprint density at radius 3 is 2.52 bits per heavy atom. The highest BCUT2D eigenvalue weighted by Gasteiger charge is 2.18. The topological polar surface area (TPSA) is 55.0 Å². The summed E-state index contributed by atoms with van der Waals surface area (Å²) < 4.78 is 21.2. The van der Waals surface area contributed by atoms with E-state index in [1.807, 2.05) is 43.3 Å². The number of nitrogens with one attached hydrogen (secondary N) is 1. The van der Waals surface area contributed by atoms with Crippen LogP contribution < -0.4 is 9.61 Å². The molecule has 0 aliphatic carbocycles. The predicted octanol–water partition coefficient (Wildman–Crippen LogP) is 7.43. The Hall–Kier alpha value is -3.55. The summed E-state index contributed by atoms with van der Waals surface area (Å²) >= 11 is 2.71. The van der Waals surface area contributed by atoms with E-state index in [-0.39, 0.29) is 10.7 Å². The van der Waals surface area contributed by atoms with E-state index in [0.29, 0.717) is 10.8 Å². The fourth-order valence-electron chi connectivity index (χ4n) is 3.59. The van der Waals surface area contributed by atoms with Gasteiger partial charge in [-0.1, -0.05) is 41.7 Å². The third-order valence-electron chi connectivity index (χ3n) is 5.21. The van der Waals surface area contributed by atoms with Gasteiger partial charge in [-0.2, -0.15) is 5.10 Å². The molecule has 4 nitrogen and oxygen atoms in total. The number of benzene rings is 3. The molecule has 0 spiro atoms. The molecule has 2 heterocycles. The molecular weight excluding hydrogens is 455 g/mol. The van der Waals surface area contributed by atoms with Crippen molar-refractivity contribution >= 4 is 44.9 Å². The van der Waals surface area contributed by atoms with Crippen LogP contribution in [0.2, 0.25) is 0 Å². The average Bonchev–Trinajstić information content (AvgIpc) is 3.36. The highest BCUT2D eigenvalue weighted by atomic mass is 32.1. The second-order valence-electron chi connectivity index (χ2n) is 7.67. The van der Waals surface area contributed by atoms with Gasteiger partial charge in [-0.05, 0) is 78.6 Å². The second-order valence-corrected chi connectivity index (χ2v) is 9.72. The van der Waals surface area contributed by atoms with Crippen LogP contribution in [0.3, 0.4) is 0 Å². The first-order valence-corrected chi connectivity index (χ1v) is 11.9. The second kappa shape index (κ2) is 8.77. The number of hydrogen-bond acceptors (Lipinski definition) is 5. The number of hydrogen-bond donors (Lipinski definition) is 1. The normalized spacial score (nSPS) is 11.5. The van der Waals surface area contributed by atoms with Crippen LogP contribution in [0.4, 0.5) is 4.39 Å². The average molecular weight is 475 g/mol. The lowest BCUT2D eigenvalue weighted by atomic mass is 10.1. The quantitative estimate of drug-likeness (QED) is 0.288. The molecule has 0 fully saturated rings. The number of aromatic amines is 1. The summed E-state index contributed by atoms with van der Waals surface area (Å²) in [6, 6.07) is 18.8. The Kier molecular flexibility index (Phi) is 5.66. The van der Waals surface area contributed by atoms with E-state index in [4.69, 9.17) is 4.74 Å². The van der Waals surface area contributed by atoms with Gasteiger partial charge in [0.15, 0.2) is 5.75 Å². The van der Waals surface area contributed by atoms with Gasteiger partial charge in [-0.25, -0.2) is 9.49 Å². The molecule has 3 aromatic carbocycles. The molecule has 0 amide bonds. The molecule has 1 N–H and O–H groups in total. The minimum absolute atomic E-state index is 0.177. The van der Waals surface area contributed by atoms with Crippen LogP contribution in [0.15, 0.2) is 65.5 Å². The van der Waals surface area contributed by atoms with Crippen molar-refractivity contribution in [2.75, 3.05) is 0 Å². The number of ether oxygens (including phenoxy) is 1. The lowest BCUT2D eigenvalue weighted by Gasteiger charge is -2.10. The SMILES string of the molecule is Cc1ccc2c(Oc3ccc(/C=C/c4n[nH]c(=O)s4)cc3)c(-c3ccc(F)cc3C)sc2c1. The molecule has 164 valence electrons. The summed E-state index contributed by atoms with van der Waals surface area (Å²) in [7, 11) is 0. The van der Waals surface area contributed by atoms with E-state index >= 15 is 0 Å². The molecule has 33 heavy (non-hydrogen) atoms. The molecule has 2 aromatic heterocycles. The minimum atomic E-state index is -0.249. The fourth-order valence-corrected chi connectivity index (χ4v) is 5.41. The molecule has 5 rings (SSSR count). The highest BCUT2D eigenvalue weighted by Crippen LogP contribution is 2.47.